The number of nitrogens with zero attached hydrogens (tertiary/aromatic N) is 2. The maximum atomic E-state index is 11.0. The fourth-order valence-corrected chi connectivity index (χ4v) is 1.28. The van der Waals surface area contributed by atoms with E-state index in [0.29, 0.717) is 11.2 Å². The SMILES string of the molecule is Nc1nc2nc[nH]c2c(=O)[nH]1.O=CC(O)C(O)C(O)CO.O=P(O)(O)O. The molecule has 3 atom stereocenters. The summed E-state index contributed by atoms with van der Waals surface area (Å²) in [7, 11) is -4.64. The lowest BCUT2D eigenvalue weighted by Gasteiger charge is -2.16. The maximum absolute atomic E-state index is 11.0. The zero-order valence-electron chi connectivity index (χ0n) is 12.9. The number of aromatic nitrogens is 4. The number of hydrogen-bond acceptors (Lipinski definition) is 10. The van der Waals surface area contributed by atoms with E-state index in [0.717, 1.165) is 0 Å². The lowest BCUT2D eigenvalue weighted by atomic mass is 10.1. The van der Waals surface area contributed by atoms with E-state index in [-0.39, 0.29) is 17.8 Å². The van der Waals surface area contributed by atoms with Crippen molar-refractivity contribution in [3.63, 3.8) is 0 Å². The number of nitrogens with two attached hydrogens (primary N) is 1. The second-order valence-corrected chi connectivity index (χ2v) is 5.46. The van der Waals surface area contributed by atoms with Crippen LogP contribution in [0.1, 0.15) is 0 Å². The van der Waals surface area contributed by atoms with Crippen LogP contribution in [0, 0.1) is 0 Å². The Morgan fingerprint density at radius 1 is 1.27 bits per heavy atom. The van der Waals surface area contributed by atoms with Crippen molar-refractivity contribution in [3.8, 4) is 0 Å². The molecule has 11 N–H and O–H groups in total. The van der Waals surface area contributed by atoms with Gasteiger partial charge in [0.05, 0.1) is 12.9 Å². The number of carbonyl (C=O) groups is 1. The summed E-state index contributed by atoms with van der Waals surface area (Å²) in [6, 6.07) is 0. The monoisotopic (exact) mass is 399 g/mol. The fourth-order valence-electron chi connectivity index (χ4n) is 1.28. The van der Waals surface area contributed by atoms with E-state index < -0.39 is 32.7 Å². The Balaban J connectivity index is 0.000000388. The van der Waals surface area contributed by atoms with Crippen LogP contribution >= 0.6 is 7.82 Å². The molecule has 0 saturated carbocycles. The summed E-state index contributed by atoms with van der Waals surface area (Å²) in [6.07, 6.45) is -3.24. The molecule has 2 heterocycles. The number of phosphoric acid groups is 1. The Bertz CT molecular complexity index is 780. The molecule has 0 aliphatic carbocycles. The van der Waals surface area contributed by atoms with Crippen LogP contribution in [0.25, 0.3) is 11.2 Å². The van der Waals surface area contributed by atoms with E-state index in [1.165, 1.54) is 6.33 Å². The first kappa shape index (κ1) is 23.8. The summed E-state index contributed by atoms with van der Waals surface area (Å²) < 4.78 is 8.88. The summed E-state index contributed by atoms with van der Waals surface area (Å²) in [5.41, 5.74) is 5.65. The summed E-state index contributed by atoms with van der Waals surface area (Å²) in [6.45, 7) is -0.688. The van der Waals surface area contributed by atoms with Gasteiger partial charge in [0, 0.05) is 0 Å². The van der Waals surface area contributed by atoms with Gasteiger partial charge in [-0.3, -0.25) is 9.78 Å². The van der Waals surface area contributed by atoms with Gasteiger partial charge < -0.3 is 50.6 Å². The summed E-state index contributed by atoms with van der Waals surface area (Å²) in [4.78, 5) is 54.9. The number of fused-ring (bicyclic) bond motifs is 1. The van der Waals surface area contributed by atoms with E-state index >= 15 is 0 Å². The van der Waals surface area contributed by atoms with Gasteiger partial charge >= 0.3 is 7.82 Å². The zero-order chi connectivity index (χ0) is 20.5. The predicted octanol–water partition coefficient (Wildman–Crippen LogP) is -4.44. The van der Waals surface area contributed by atoms with E-state index in [9.17, 15) is 9.59 Å². The Morgan fingerprint density at radius 2 is 1.81 bits per heavy atom. The molecule has 2 aromatic heterocycles. The number of imidazole rings is 1. The molecule has 0 saturated heterocycles. The van der Waals surface area contributed by atoms with E-state index in [1.807, 2.05) is 0 Å². The van der Waals surface area contributed by atoms with Gasteiger partial charge in [0.2, 0.25) is 5.95 Å². The molecular weight excluding hydrogens is 381 g/mol. The van der Waals surface area contributed by atoms with Crippen LogP contribution in [0.3, 0.4) is 0 Å². The first-order valence-electron chi connectivity index (χ1n) is 6.48. The quantitative estimate of drug-likeness (QED) is 0.172. The van der Waals surface area contributed by atoms with Crippen molar-refractivity contribution in [2.45, 2.75) is 18.3 Å². The molecule has 0 radical (unpaired) electrons. The number of rotatable bonds is 4. The predicted molar refractivity (Wildman–Crippen MR) is 84.4 cm³/mol. The number of anilines is 1. The number of nitrogen functional groups attached to an aromatic ring is 1. The zero-order valence-corrected chi connectivity index (χ0v) is 13.8. The number of nitrogens with one attached hydrogen (secondary N) is 2. The number of aliphatic hydroxyl groups excluding tert-OH is 4. The highest BCUT2D eigenvalue weighted by Crippen LogP contribution is 2.25. The van der Waals surface area contributed by atoms with Crippen molar-refractivity contribution in [2.24, 2.45) is 0 Å². The molecule has 0 aliphatic heterocycles. The molecule has 148 valence electrons. The first-order valence-corrected chi connectivity index (χ1v) is 8.04. The topological polar surface area (TPSA) is 276 Å². The minimum absolute atomic E-state index is 0.0783. The van der Waals surface area contributed by atoms with Crippen molar-refractivity contribution in [1.82, 2.24) is 19.9 Å². The standard InChI is InChI=1S/C5H5N5O.C5H10O5.H3O4P/c6-5-9-3-2(4(11)10-5)7-1-8-3;6-1-3(8)5(10)4(9)2-7;1-5(2,3)4/h1H,(H4,6,7,8,9,10,11);1,3-5,7-10H,2H2;(H3,1,2,3,4). The number of aliphatic hydroxyl groups is 4. The lowest BCUT2D eigenvalue weighted by molar-refractivity contribution is -0.127. The smallest absolute Gasteiger partial charge is 0.394 e. The molecule has 15 nitrogen and oxygen atoms in total. The molecular formula is C10H18N5O10P. The van der Waals surface area contributed by atoms with Crippen molar-refractivity contribution in [1.29, 1.82) is 0 Å². The minimum Gasteiger partial charge on any atom is -0.394 e. The molecule has 0 aromatic carbocycles. The third-order valence-electron chi connectivity index (χ3n) is 2.38. The second-order valence-electron chi connectivity index (χ2n) is 4.43. The highest BCUT2D eigenvalue weighted by molar-refractivity contribution is 7.45. The largest absolute Gasteiger partial charge is 0.466 e. The molecule has 2 rings (SSSR count). The number of carbonyl (C=O) groups excluding carboxylic acids is 1. The average Bonchev–Trinajstić information content (AvgIpc) is 3.00. The minimum atomic E-state index is -4.64. The van der Waals surface area contributed by atoms with Crippen LogP contribution in [0.15, 0.2) is 11.1 Å². The van der Waals surface area contributed by atoms with Crippen LogP contribution in [-0.4, -0.2) is 86.2 Å². The van der Waals surface area contributed by atoms with E-state index in [1.54, 1.807) is 0 Å². The van der Waals surface area contributed by atoms with Gasteiger partial charge in [-0.05, 0) is 0 Å². The molecule has 0 bridgehead atoms. The molecule has 0 aliphatic rings. The second kappa shape index (κ2) is 10.7. The van der Waals surface area contributed by atoms with Crippen molar-refractivity contribution >= 4 is 31.2 Å². The third-order valence-corrected chi connectivity index (χ3v) is 2.38. The third kappa shape index (κ3) is 9.30. The summed E-state index contributed by atoms with van der Waals surface area (Å²) >= 11 is 0. The van der Waals surface area contributed by atoms with Gasteiger partial charge in [-0.2, -0.15) is 4.98 Å². The van der Waals surface area contributed by atoms with E-state index in [4.69, 9.17) is 45.4 Å². The molecule has 2 aromatic rings. The van der Waals surface area contributed by atoms with Crippen LogP contribution in [0.2, 0.25) is 0 Å². The molecule has 3 unspecified atom stereocenters. The summed E-state index contributed by atoms with van der Waals surface area (Å²) in [5, 5.41) is 34.1. The Labute approximate surface area is 144 Å². The van der Waals surface area contributed by atoms with Crippen LogP contribution in [-0.2, 0) is 9.36 Å². The Morgan fingerprint density at radius 3 is 2.27 bits per heavy atom. The highest BCUT2D eigenvalue weighted by Gasteiger charge is 2.22. The fraction of sp³-hybridized carbons (Fsp3) is 0.400. The van der Waals surface area contributed by atoms with Gasteiger partial charge in [0.1, 0.15) is 18.3 Å². The van der Waals surface area contributed by atoms with Crippen molar-refractivity contribution in [2.75, 3.05) is 12.3 Å². The van der Waals surface area contributed by atoms with Gasteiger partial charge in [-0.1, -0.05) is 0 Å². The Hall–Kier alpha value is -2.23. The Kier molecular flexibility index (Phi) is 9.77. The molecule has 0 fully saturated rings. The molecule has 0 amide bonds. The normalized spacial score (nSPS) is 14.3. The van der Waals surface area contributed by atoms with Crippen molar-refractivity contribution < 1.29 is 44.5 Å². The first-order chi connectivity index (χ1) is 11.9. The van der Waals surface area contributed by atoms with Gasteiger partial charge in [0.25, 0.3) is 5.56 Å². The van der Waals surface area contributed by atoms with Gasteiger partial charge in [-0.15, -0.1) is 0 Å². The molecule has 16 heteroatoms. The van der Waals surface area contributed by atoms with Crippen LogP contribution in [0.4, 0.5) is 5.95 Å². The van der Waals surface area contributed by atoms with Crippen LogP contribution in [0.5, 0.6) is 0 Å². The van der Waals surface area contributed by atoms with E-state index in [2.05, 4.69) is 19.9 Å². The summed E-state index contributed by atoms with van der Waals surface area (Å²) in [5.74, 6) is 0.0783. The number of aromatic amines is 2. The van der Waals surface area contributed by atoms with Gasteiger partial charge in [-0.25, -0.2) is 9.55 Å². The van der Waals surface area contributed by atoms with Gasteiger partial charge in [0.15, 0.2) is 17.5 Å². The molecule has 0 spiro atoms. The maximum Gasteiger partial charge on any atom is 0.466 e. The average molecular weight is 399 g/mol. The van der Waals surface area contributed by atoms with Crippen LogP contribution < -0.4 is 11.3 Å². The molecule has 26 heavy (non-hydrogen) atoms. The van der Waals surface area contributed by atoms with Crippen molar-refractivity contribution in [3.05, 3.63) is 16.7 Å². The number of H-pyrrole nitrogens is 2. The lowest BCUT2D eigenvalue weighted by Crippen LogP contribution is -2.40. The highest BCUT2D eigenvalue weighted by atomic mass is 31.2. The number of hydrogen-bond donors (Lipinski definition) is 10. The number of aldehydes is 1.